The molecule has 9 heteroatoms. The van der Waals surface area contributed by atoms with Crippen molar-refractivity contribution in [2.75, 3.05) is 11.4 Å². The highest BCUT2D eigenvalue weighted by molar-refractivity contribution is 6.16. The predicted octanol–water partition coefficient (Wildman–Crippen LogP) is 1.78. The lowest BCUT2D eigenvalue weighted by Crippen LogP contribution is -2.40. The van der Waals surface area contributed by atoms with Crippen molar-refractivity contribution in [1.82, 2.24) is 10.3 Å². The van der Waals surface area contributed by atoms with Crippen LogP contribution < -0.4 is 16.1 Å². The summed E-state index contributed by atoms with van der Waals surface area (Å²) in [4.78, 5) is 33.6. The van der Waals surface area contributed by atoms with Crippen molar-refractivity contribution in [3.8, 4) is 11.1 Å². The van der Waals surface area contributed by atoms with Crippen LogP contribution in [0.15, 0.2) is 46.6 Å². The van der Waals surface area contributed by atoms with Crippen LogP contribution in [0.4, 0.5) is 16.3 Å². The van der Waals surface area contributed by atoms with Crippen molar-refractivity contribution < 1.29 is 14.3 Å². The van der Waals surface area contributed by atoms with Gasteiger partial charge in [-0.25, -0.2) is 14.8 Å². The summed E-state index contributed by atoms with van der Waals surface area (Å²) in [5, 5.41) is 6.07. The van der Waals surface area contributed by atoms with Crippen LogP contribution in [-0.2, 0) is 16.0 Å². The van der Waals surface area contributed by atoms with Gasteiger partial charge in [-0.2, -0.15) is 5.10 Å². The maximum absolute atomic E-state index is 12.3. The number of hydrogen-bond acceptors (Lipinski definition) is 7. The van der Waals surface area contributed by atoms with E-state index >= 15 is 0 Å². The number of hydrogen-bond donors (Lipinski definition) is 2. The van der Waals surface area contributed by atoms with E-state index in [1.165, 1.54) is 19.4 Å². The molecule has 1 aromatic heterocycles. The molecule has 0 bridgehead atoms. The number of fused-ring (bicyclic) bond motifs is 3. The van der Waals surface area contributed by atoms with Crippen molar-refractivity contribution in [3.05, 3.63) is 42.1 Å². The van der Waals surface area contributed by atoms with E-state index in [0.29, 0.717) is 18.8 Å². The number of nitrogens with one attached hydrogen (secondary N) is 1. The van der Waals surface area contributed by atoms with Gasteiger partial charge in [-0.3, -0.25) is 9.69 Å². The number of carbonyl (C=O) groups excluding carboxylic acids is 2. The average Bonchev–Trinajstić information content (AvgIpc) is 3.24. The third-order valence-electron chi connectivity index (χ3n) is 4.97. The number of ether oxygens (including phenoxy) is 1. The smallest absolute Gasteiger partial charge is 0.415 e. The number of carbonyl (C=O) groups is 2. The Morgan fingerprint density at radius 3 is 2.90 bits per heavy atom. The van der Waals surface area contributed by atoms with Crippen molar-refractivity contribution in [3.63, 3.8) is 0 Å². The molecule has 1 aromatic carbocycles. The molecule has 2 atom stereocenters. The molecule has 2 aromatic rings. The monoisotopic (exact) mass is 392 g/mol. The fourth-order valence-corrected chi connectivity index (χ4v) is 3.66. The van der Waals surface area contributed by atoms with E-state index in [9.17, 15) is 9.59 Å². The number of aliphatic imine (C=N–C) groups is 1. The second-order valence-electron chi connectivity index (χ2n) is 6.83. The Morgan fingerprint density at radius 1 is 1.34 bits per heavy atom. The number of amides is 2. The third-order valence-corrected chi connectivity index (χ3v) is 4.97. The summed E-state index contributed by atoms with van der Waals surface area (Å²) >= 11 is 0. The normalized spacial score (nSPS) is 20.2. The fraction of sp³-hybridized carbons (Fsp3) is 0.250. The first-order valence-electron chi connectivity index (χ1n) is 9.16. The van der Waals surface area contributed by atoms with Crippen molar-refractivity contribution in [2.45, 2.75) is 25.5 Å². The lowest BCUT2D eigenvalue weighted by molar-refractivity contribution is -0.119. The molecule has 0 radical (unpaired) electrons. The molecule has 2 amide bonds. The zero-order valence-electron chi connectivity index (χ0n) is 15.8. The Bertz CT molecular complexity index is 1000. The van der Waals surface area contributed by atoms with Gasteiger partial charge in [0.15, 0.2) is 5.82 Å². The molecular formula is C20H20N6O3. The first-order valence-corrected chi connectivity index (χ1v) is 9.16. The van der Waals surface area contributed by atoms with Gasteiger partial charge in [0, 0.05) is 24.9 Å². The van der Waals surface area contributed by atoms with Gasteiger partial charge in [0.2, 0.25) is 5.91 Å². The van der Waals surface area contributed by atoms with Gasteiger partial charge in [0.05, 0.1) is 24.5 Å². The molecule has 2 aliphatic rings. The summed E-state index contributed by atoms with van der Waals surface area (Å²) in [5.74, 6) is 5.43. The minimum absolute atomic E-state index is 0.112. The summed E-state index contributed by atoms with van der Waals surface area (Å²) in [6, 6.07) is 9.58. The number of aromatic nitrogens is 1. The highest BCUT2D eigenvalue weighted by Crippen LogP contribution is 2.40. The third kappa shape index (κ3) is 3.66. The summed E-state index contributed by atoms with van der Waals surface area (Å²) in [5.41, 5.74) is 3.87. The first kappa shape index (κ1) is 18.6. The summed E-state index contributed by atoms with van der Waals surface area (Å²) < 4.78 is 5.44. The number of pyridine rings is 1. The van der Waals surface area contributed by atoms with Crippen LogP contribution in [0, 0.1) is 0 Å². The first-order chi connectivity index (χ1) is 14.1. The maximum atomic E-state index is 12.3. The number of nitrogens with two attached hydrogens (primary N) is 1. The number of benzene rings is 1. The Labute approximate surface area is 167 Å². The standard InChI is InChI=1S/C20H20N6O3/c1-12(27)23-11-18-17-9-15-8-13(2-4-16(15)26(17)20(28)29-18)14-3-5-19(24-10-14)22-6-7-25-21/h2-8,10,17-18H,9,11,21H2,1H3,(H,23,27)/t17-,18-/m0/s1. The van der Waals surface area contributed by atoms with E-state index in [1.54, 1.807) is 11.1 Å². The van der Waals surface area contributed by atoms with Crippen molar-refractivity contribution in [2.24, 2.45) is 15.9 Å². The molecule has 0 saturated carbocycles. The number of anilines is 1. The van der Waals surface area contributed by atoms with Crippen LogP contribution in [0.2, 0.25) is 0 Å². The molecule has 3 N–H and O–H groups in total. The predicted molar refractivity (Wildman–Crippen MR) is 109 cm³/mol. The van der Waals surface area contributed by atoms with Gasteiger partial charge in [0.1, 0.15) is 6.10 Å². The van der Waals surface area contributed by atoms with Crippen LogP contribution in [0.3, 0.4) is 0 Å². The second kappa shape index (κ2) is 7.70. The minimum atomic E-state index is -0.373. The van der Waals surface area contributed by atoms with Crippen LogP contribution in [0.1, 0.15) is 12.5 Å². The summed E-state index contributed by atoms with van der Waals surface area (Å²) in [6.45, 7) is 1.75. The molecule has 148 valence electrons. The highest BCUT2D eigenvalue weighted by atomic mass is 16.6. The molecule has 0 unspecified atom stereocenters. The second-order valence-corrected chi connectivity index (χ2v) is 6.83. The molecule has 0 aliphatic carbocycles. The number of nitrogens with zero attached hydrogens (tertiary/aromatic N) is 4. The van der Waals surface area contributed by atoms with Crippen molar-refractivity contribution in [1.29, 1.82) is 0 Å². The van der Waals surface area contributed by atoms with Crippen LogP contribution in [0.5, 0.6) is 0 Å². The minimum Gasteiger partial charge on any atom is -0.442 e. The van der Waals surface area contributed by atoms with Crippen LogP contribution >= 0.6 is 0 Å². The maximum Gasteiger partial charge on any atom is 0.415 e. The Kier molecular flexibility index (Phi) is 4.94. The molecule has 29 heavy (non-hydrogen) atoms. The van der Waals surface area contributed by atoms with Gasteiger partial charge in [-0.15, -0.1) is 0 Å². The Balaban J connectivity index is 1.54. The lowest BCUT2D eigenvalue weighted by Gasteiger charge is -2.16. The molecule has 1 fully saturated rings. The SMILES string of the molecule is CC(=O)NC[C@@H]1OC(=O)N2c3ccc(-c4ccc(N=CC=NN)nc4)cc3C[C@@H]12. The number of rotatable bonds is 5. The van der Waals surface area contributed by atoms with E-state index < -0.39 is 0 Å². The van der Waals surface area contributed by atoms with Gasteiger partial charge >= 0.3 is 6.09 Å². The molecular weight excluding hydrogens is 372 g/mol. The zero-order chi connectivity index (χ0) is 20.4. The highest BCUT2D eigenvalue weighted by Gasteiger charge is 2.47. The van der Waals surface area contributed by atoms with E-state index in [4.69, 9.17) is 10.6 Å². The van der Waals surface area contributed by atoms with E-state index in [-0.39, 0.29) is 24.1 Å². The molecule has 2 aliphatic heterocycles. The number of cyclic esters (lactones) is 1. The molecule has 3 heterocycles. The Morgan fingerprint density at radius 2 is 2.17 bits per heavy atom. The molecule has 0 spiro atoms. The molecule has 9 nitrogen and oxygen atoms in total. The average molecular weight is 392 g/mol. The van der Waals surface area contributed by atoms with E-state index in [1.807, 2.05) is 24.3 Å². The van der Waals surface area contributed by atoms with Gasteiger partial charge in [-0.05, 0) is 41.8 Å². The summed E-state index contributed by atoms with van der Waals surface area (Å²) in [7, 11) is 0. The fourth-order valence-electron chi connectivity index (χ4n) is 3.66. The zero-order valence-corrected chi connectivity index (χ0v) is 15.8. The topological polar surface area (TPSA) is 122 Å². The quantitative estimate of drug-likeness (QED) is 0.456. The van der Waals surface area contributed by atoms with Gasteiger partial charge < -0.3 is 15.9 Å². The molecule has 1 saturated heterocycles. The Hall–Kier alpha value is -3.75. The largest absolute Gasteiger partial charge is 0.442 e. The van der Waals surface area contributed by atoms with Crippen LogP contribution in [-0.4, -0.2) is 48.1 Å². The van der Waals surface area contributed by atoms with Crippen LogP contribution in [0.25, 0.3) is 11.1 Å². The number of hydrazone groups is 1. The summed E-state index contributed by atoms with van der Waals surface area (Å²) in [6.07, 6.45) is 4.54. The lowest BCUT2D eigenvalue weighted by atomic mass is 10.0. The van der Waals surface area contributed by atoms with Crippen molar-refractivity contribution >= 4 is 35.9 Å². The van der Waals surface area contributed by atoms with E-state index in [0.717, 1.165) is 22.4 Å². The van der Waals surface area contributed by atoms with E-state index in [2.05, 4.69) is 26.5 Å². The van der Waals surface area contributed by atoms with Gasteiger partial charge in [0.25, 0.3) is 0 Å². The molecule has 4 rings (SSSR count). The van der Waals surface area contributed by atoms with Gasteiger partial charge in [-0.1, -0.05) is 6.07 Å².